The summed E-state index contributed by atoms with van der Waals surface area (Å²) in [6.45, 7) is 7.90. The van der Waals surface area contributed by atoms with Crippen LogP contribution in [0.2, 0.25) is 0 Å². The first-order valence-electron chi connectivity index (χ1n) is 8.23. The van der Waals surface area contributed by atoms with Crippen molar-refractivity contribution in [2.24, 2.45) is 11.8 Å². The van der Waals surface area contributed by atoms with Gasteiger partial charge in [-0.25, -0.2) is 0 Å². The minimum atomic E-state index is 0.785. The first kappa shape index (κ1) is 15.3. The number of ether oxygens (including phenoxy) is 1. The van der Waals surface area contributed by atoms with E-state index < -0.39 is 0 Å². The van der Waals surface area contributed by atoms with Crippen molar-refractivity contribution in [3.63, 3.8) is 0 Å². The van der Waals surface area contributed by atoms with E-state index in [1.165, 1.54) is 51.6 Å². The van der Waals surface area contributed by atoms with Crippen molar-refractivity contribution >= 4 is 0 Å². The molecule has 0 spiro atoms. The van der Waals surface area contributed by atoms with Crippen LogP contribution in [0.25, 0.3) is 0 Å². The van der Waals surface area contributed by atoms with E-state index in [1.807, 2.05) is 0 Å². The van der Waals surface area contributed by atoms with Crippen molar-refractivity contribution in [2.45, 2.75) is 51.5 Å². The average Bonchev–Trinajstić information content (AvgIpc) is 2.42. The molecule has 1 aliphatic heterocycles. The van der Waals surface area contributed by atoms with Gasteiger partial charge in [0, 0.05) is 38.9 Å². The van der Waals surface area contributed by atoms with Crippen LogP contribution in [0.4, 0.5) is 0 Å². The summed E-state index contributed by atoms with van der Waals surface area (Å²) in [6.07, 6.45) is 8.08. The zero-order valence-corrected chi connectivity index (χ0v) is 12.9. The van der Waals surface area contributed by atoms with Crippen LogP contribution in [0.15, 0.2) is 0 Å². The van der Waals surface area contributed by atoms with Gasteiger partial charge in [0.2, 0.25) is 0 Å². The summed E-state index contributed by atoms with van der Waals surface area (Å²) in [4.78, 5) is 2.49. The Morgan fingerprint density at radius 2 is 1.74 bits per heavy atom. The van der Waals surface area contributed by atoms with Crippen molar-refractivity contribution in [1.82, 2.24) is 10.2 Å². The number of likely N-dealkylation sites (N-methyl/N-ethyl adjacent to an activating group) is 1. The number of hydrogen-bond donors (Lipinski definition) is 1. The van der Waals surface area contributed by atoms with E-state index in [1.54, 1.807) is 0 Å². The summed E-state index contributed by atoms with van der Waals surface area (Å²) in [5.74, 6) is 1.81. The Hall–Kier alpha value is -0.120. The van der Waals surface area contributed by atoms with Gasteiger partial charge < -0.3 is 15.0 Å². The first-order valence-corrected chi connectivity index (χ1v) is 8.23. The van der Waals surface area contributed by atoms with Gasteiger partial charge in [0.25, 0.3) is 0 Å². The Balaban J connectivity index is 1.52. The standard InChI is InChI=1S/C16H32N2O/c1-14-3-5-16(6-4-14)17-9-10-18(2)13-15-7-11-19-12-8-15/h14-17H,3-13H2,1-2H3. The highest BCUT2D eigenvalue weighted by Crippen LogP contribution is 2.23. The van der Waals surface area contributed by atoms with Gasteiger partial charge in [-0.15, -0.1) is 0 Å². The molecule has 19 heavy (non-hydrogen) atoms. The second-order valence-electron chi connectivity index (χ2n) is 6.73. The second kappa shape index (κ2) is 8.23. The summed E-state index contributed by atoms with van der Waals surface area (Å²) in [5.41, 5.74) is 0. The van der Waals surface area contributed by atoms with E-state index in [2.05, 4.69) is 24.2 Å². The summed E-state index contributed by atoms with van der Waals surface area (Å²) in [5, 5.41) is 3.74. The third-order valence-electron chi connectivity index (χ3n) is 4.85. The lowest BCUT2D eigenvalue weighted by Crippen LogP contribution is -2.39. The highest BCUT2D eigenvalue weighted by molar-refractivity contribution is 4.76. The van der Waals surface area contributed by atoms with Crippen LogP contribution in [0.5, 0.6) is 0 Å². The Morgan fingerprint density at radius 3 is 2.42 bits per heavy atom. The molecule has 0 aromatic carbocycles. The van der Waals surface area contributed by atoms with Gasteiger partial charge in [-0.1, -0.05) is 6.92 Å². The minimum Gasteiger partial charge on any atom is -0.381 e. The van der Waals surface area contributed by atoms with E-state index >= 15 is 0 Å². The van der Waals surface area contributed by atoms with Crippen molar-refractivity contribution in [3.05, 3.63) is 0 Å². The summed E-state index contributed by atoms with van der Waals surface area (Å²) in [6, 6.07) is 0.785. The molecule has 112 valence electrons. The molecule has 1 saturated carbocycles. The lowest BCUT2D eigenvalue weighted by Gasteiger charge is -2.29. The molecule has 3 heteroatoms. The van der Waals surface area contributed by atoms with Crippen LogP contribution in [0.1, 0.15) is 45.4 Å². The third-order valence-corrected chi connectivity index (χ3v) is 4.85. The maximum absolute atomic E-state index is 5.42. The van der Waals surface area contributed by atoms with Crippen molar-refractivity contribution < 1.29 is 4.74 Å². The van der Waals surface area contributed by atoms with E-state index in [0.29, 0.717) is 0 Å². The zero-order valence-electron chi connectivity index (χ0n) is 12.9. The lowest BCUT2D eigenvalue weighted by molar-refractivity contribution is 0.0557. The minimum absolute atomic E-state index is 0.785. The van der Waals surface area contributed by atoms with Gasteiger partial charge in [-0.3, -0.25) is 0 Å². The molecule has 0 bridgehead atoms. The number of rotatable bonds is 6. The fraction of sp³-hybridized carbons (Fsp3) is 1.00. The lowest BCUT2D eigenvalue weighted by atomic mass is 9.87. The van der Waals surface area contributed by atoms with Gasteiger partial charge in [0.1, 0.15) is 0 Å². The molecular formula is C16H32N2O. The number of hydrogen-bond acceptors (Lipinski definition) is 3. The molecule has 1 N–H and O–H groups in total. The third kappa shape index (κ3) is 5.80. The zero-order chi connectivity index (χ0) is 13.5. The molecule has 0 amide bonds. The fourth-order valence-electron chi connectivity index (χ4n) is 3.38. The number of nitrogens with one attached hydrogen (secondary N) is 1. The number of nitrogens with zero attached hydrogens (tertiary/aromatic N) is 1. The molecule has 2 fully saturated rings. The van der Waals surface area contributed by atoms with Gasteiger partial charge in [-0.05, 0) is 57.4 Å². The molecule has 0 atom stereocenters. The molecule has 0 radical (unpaired) electrons. The van der Waals surface area contributed by atoms with Crippen LogP contribution in [0, 0.1) is 11.8 Å². The van der Waals surface area contributed by atoms with Gasteiger partial charge in [0.05, 0.1) is 0 Å². The van der Waals surface area contributed by atoms with Gasteiger partial charge in [0.15, 0.2) is 0 Å². The van der Waals surface area contributed by atoms with Crippen LogP contribution in [-0.4, -0.2) is 50.8 Å². The summed E-state index contributed by atoms with van der Waals surface area (Å²) in [7, 11) is 2.26. The van der Waals surface area contributed by atoms with Crippen LogP contribution in [-0.2, 0) is 4.74 Å². The predicted molar refractivity (Wildman–Crippen MR) is 80.5 cm³/mol. The molecule has 1 aliphatic carbocycles. The first-order chi connectivity index (χ1) is 9.24. The molecule has 0 unspecified atom stereocenters. The van der Waals surface area contributed by atoms with Gasteiger partial charge >= 0.3 is 0 Å². The Morgan fingerprint density at radius 1 is 1.05 bits per heavy atom. The van der Waals surface area contributed by atoms with Crippen molar-refractivity contribution in [3.8, 4) is 0 Å². The summed E-state index contributed by atoms with van der Waals surface area (Å²) >= 11 is 0. The monoisotopic (exact) mass is 268 g/mol. The normalized spacial score (nSPS) is 29.8. The second-order valence-corrected chi connectivity index (χ2v) is 6.73. The fourth-order valence-corrected chi connectivity index (χ4v) is 3.38. The SMILES string of the molecule is CC1CCC(NCCN(C)CC2CCOCC2)CC1. The van der Waals surface area contributed by atoms with E-state index in [-0.39, 0.29) is 0 Å². The predicted octanol–water partition coefficient (Wildman–Crippen LogP) is 2.51. The van der Waals surface area contributed by atoms with Crippen LogP contribution >= 0.6 is 0 Å². The van der Waals surface area contributed by atoms with Crippen molar-refractivity contribution in [2.75, 3.05) is 39.9 Å². The molecule has 1 heterocycles. The maximum Gasteiger partial charge on any atom is 0.0469 e. The topological polar surface area (TPSA) is 24.5 Å². The Kier molecular flexibility index (Phi) is 6.62. The van der Waals surface area contributed by atoms with Crippen LogP contribution in [0.3, 0.4) is 0 Å². The van der Waals surface area contributed by atoms with E-state index in [9.17, 15) is 0 Å². The quantitative estimate of drug-likeness (QED) is 0.801. The summed E-state index contributed by atoms with van der Waals surface area (Å²) < 4.78 is 5.42. The molecule has 0 aromatic heterocycles. The molecule has 2 rings (SSSR count). The highest BCUT2D eigenvalue weighted by Gasteiger charge is 2.18. The molecular weight excluding hydrogens is 236 g/mol. The molecule has 0 aromatic rings. The smallest absolute Gasteiger partial charge is 0.0469 e. The van der Waals surface area contributed by atoms with Gasteiger partial charge in [-0.2, -0.15) is 0 Å². The largest absolute Gasteiger partial charge is 0.381 e. The Bertz CT molecular complexity index is 233. The average molecular weight is 268 g/mol. The van der Waals surface area contributed by atoms with Crippen LogP contribution < -0.4 is 5.32 Å². The molecule has 3 nitrogen and oxygen atoms in total. The Labute approximate surface area is 119 Å². The van der Waals surface area contributed by atoms with E-state index in [0.717, 1.165) is 37.6 Å². The molecule has 2 aliphatic rings. The van der Waals surface area contributed by atoms with Crippen molar-refractivity contribution in [1.29, 1.82) is 0 Å². The van der Waals surface area contributed by atoms with E-state index in [4.69, 9.17) is 4.74 Å². The maximum atomic E-state index is 5.42. The molecule has 1 saturated heterocycles. The highest BCUT2D eigenvalue weighted by atomic mass is 16.5.